The molecule has 0 aromatic heterocycles. The first-order valence-corrected chi connectivity index (χ1v) is 9.32. The first-order valence-electron chi connectivity index (χ1n) is 7.84. The third-order valence-corrected chi connectivity index (χ3v) is 5.17. The SMILES string of the molecule is Cc1cc(CN)cc(NS(=O)(=O)c2ccc3c(c2)NC(=O)CC(=O)N3)c1. The predicted octanol–water partition coefficient (Wildman–Crippen LogP) is 1.54. The molecule has 3 rings (SSSR count). The number of anilines is 3. The molecule has 1 heterocycles. The molecule has 2 aromatic carbocycles. The number of benzene rings is 2. The molecule has 0 unspecified atom stereocenters. The molecule has 136 valence electrons. The van der Waals surface area contributed by atoms with Crippen LogP contribution in [0.15, 0.2) is 41.3 Å². The smallest absolute Gasteiger partial charge is 0.261 e. The third-order valence-electron chi connectivity index (χ3n) is 3.80. The first-order chi connectivity index (χ1) is 12.3. The molecule has 0 saturated heterocycles. The second-order valence-corrected chi connectivity index (χ2v) is 7.68. The minimum Gasteiger partial charge on any atom is -0.326 e. The molecule has 0 saturated carbocycles. The van der Waals surface area contributed by atoms with Crippen molar-refractivity contribution >= 4 is 38.9 Å². The molecule has 1 aliphatic rings. The van der Waals surface area contributed by atoms with Crippen LogP contribution < -0.4 is 21.1 Å². The Morgan fingerprint density at radius 3 is 2.42 bits per heavy atom. The van der Waals surface area contributed by atoms with Gasteiger partial charge >= 0.3 is 0 Å². The highest BCUT2D eigenvalue weighted by atomic mass is 32.2. The van der Waals surface area contributed by atoms with Gasteiger partial charge < -0.3 is 16.4 Å². The number of carbonyl (C=O) groups excluding carboxylic acids is 2. The summed E-state index contributed by atoms with van der Waals surface area (Å²) in [5.74, 6) is -0.959. The molecule has 2 aromatic rings. The van der Waals surface area contributed by atoms with Gasteiger partial charge in [-0.25, -0.2) is 8.42 Å². The predicted molar refractivity (Wildman–Crippen MR) is 98.2 cm³/mol. The van der Waals surface area contributed by atoms with Gasteiger partial charge in [0.25, 0.3) is 10.0 Å². The van der Waals surface area contributed by atoms with Crippen LogP contribution in [0.1, 0.15) is 17.5 Å². The number of carbonyl (C=O) groups is 2. The Labute approximate surface area is 150 Å². The number of sulfonamides is 1. The number of amides is 2. The van der Waals surface area contributed by atoms with Crippen molar-refractivity contribution in [1.82, 2.24) is 0 Å². The molecule has 8 nitrogen and oxygen atoms in total. The van der Waals surface area contributed by atoms with E-state index in [1.54, 1.807) is 12.1 Å². The monoisotopic (exact) mass is 374 g/mol. The van der Waals surface area contributed by atoms with Gasteiger partial charge in [0.2, 0.25) is 11.8 Å². The van der Waals surface area contributed by atoms with Crippen LogP contribution in [0.3, 0.4) is 0 Å². The minimum absolute atomic E-state index is 0.0384. The molecule has 0 radical (unpaired) electrons. The van der Waals surface area contributed by atoms with Gasteiger partial charge in [-0.15, -0.1) is 0 Å². The van der Waals surface area contributed by atoms with Crippen LogP contribution in [0.4, 0.5) is 17.1 Å². The molecule has 0 aliphatic carbocycles. The summed E-state index contributed by atoms with van der Waals surface area (Å²) in [6.07, 6.45) is -0.319. The Balaban J connectivity index is 1.94. The zero-order chi connectivity index (χ0) is 18.9. The van der Waals surface area contributed by atoms with Gasteiger partial charge in [-0.1, -0.05) is 6.07 Å². The zero-order valence-electron chi connectivity index (χ0n) is 14.0. The molecule has 9 heteroatoms. The molecule has 26 heavy (non-hydrogen) atoms. The number of rotatable bonds is 4. The van der Waals surface area contributed by atoms with Gasteiger partial charge in [0, 0.05) is 12.2 Å². The summed E-state index contributed by atoms with van der Waals surface area (Å²) in [6.45, 7) is 2.14. The van der Waals surface area contributed by atoms with E-state index in [4.69, 9.17) is 5.73 Å². The molecule has 5 N–H and O–H groups in total. The standard InChI is InChI=1S/C17H18N4O4S/c1-10-4-11(9-18)6-12(5-10)21-26(24,25)13-2-3-14-15(7-13)20-17(23)8-16(22)19-14/h2-7,21H,8-9,18H2,1H3,(H,19,22)(H,20,23). The Morgan fingerprint density at radius 1 is 1.04 bits per heavy atom. The largest absolute Gasteiger partial charge is 0.326 e. The van der Waals surface area contributed by atoms with E-state index in [1.807, 2.05) is 13.0 Å². The van der Waals surface area contributed by atoms with Gasteiger partial charge in [0.05, 0.1) is 16.3 Å². The highest BCUT2D eigenvalue weighted by Gasteiger charge is 2.22. The van der Waals surface area contributed by atoms with Crippen molar-refractivity contribution in [3.8, 4) is 0 Å². The molecule has 0 bridgehead atoms. The van der Waals surface area contributed by atoms with Crippen molar-refractivity contribution in [2.75, 3.05) is 15.4 Å². The minimum atomic E-state index is -3.89. The van der Waals surface area contributed by atoms with E-state index in [0.717, 1.165) is 11.1 Å². The molecular formula is C17H18N4O4S. The summed E-state index contributed by atoms with van der Waals surface area (Å²) in [5, 5.41) is 5.08. The van der Waals surface area contributed by atoms with E-state index >= 15 is 0 Å². The quantitative estimate of drug-likeness (QED) is 0.603. The van der Waals surface area contributed by atoms with Gasteiger partial charge in [-0.05, 0) is 48.4 Å². The maximum atomic E-state index is 12.7. The van der Waals surface area contributed by atoms with Crippen molar-refractivity contribution < 1.29 is 18.0 Å². The van der Waals surface area contributed by atoms with Crippen LogP contribution in [-0.4, -0.2) is 20.2 Å². The summed E-state index contributed by atoms with van der Waals surface area (Å²) in [6, 6.07) is 9.34. The summed E-state index contributed by atoms with van der Waals surface area (Å²) in [5.41, 5.74) is 8.29. The molecule has 0 spiro atoms. The van der Waals surface area contributed by atoms with Crippen LogP contribution in [0.2, 0.25) is 0 Å². The van der Waals surface area contributed by atoms with Crippen molar-refractivity contribution in [2.24, 2.45) is 5.73 Å². The summed E-state index contributed by atoms with van der Waals surface area (Å²) in [4.78, 5) is 23.2. The average Bonchev–Trinajstić information content (AvgIpc) is 2.69. The van der Waals surface area contributed by atoms with Crippen LogP contribution in [0.5, 0.6) is 0 Å². The highest BCUT2D eigenvalue weighted by Crippen LogP contribution is 2.29. The molecular weight excluding hydrogens is 356 g/mol. The van der Waals surface area contributed by atoms with Gasteiger partial charge in [0.1, 0.15) is 6.42 Å². The number of hydrogen-bond donors (Lipinski definition) is 4. The third kappa shape index (κ3) is 3.84. The van der Waals surface area contributed by atoms with E-state index < -0.39 is 21.8 Å². The fraction of sp³-hybridized carbons (Fsp3) is 0.176. The average molecular weight is 374 g/mol. The Kier molecular flexibility index (Phi) is 4.66. The summed E-state index contributed by atoms with van der Waals surface area (Å²) in [7, 11) is -3.89. The number of hydrogen-bond acceptors (Lipinski definition) is 5. The fourth-order valence-corrected chi connectivity index (χ4v) is 3.76. The Hall–Kier alpha value is -2.91. The summed E-state index contributed by atoms with van der Waals surface area (Å²) < 4.78 is 27.9. The van der Waals surface area contributed by atoms with E-state index in [9.17, 15) is 18.0 Å². The van der Waals surface area contributed by atoms with Crippen molar-refractivity contribution in [3.63, 3.8) is 0 Å². The number of nitrogens with two attached hydrogens (primary N) is 1. The highest BCUT2D eigenvalue weighted by molar-refractivity contribution is 7.92. The normalized spacial score (nSPS) is 14.1. The second kappa shape index (κ2) is 6.77. The van der Waals surface area contributed by atoms with Crippen LogP contribution in [-0.2, 0) is 26.2 Å². The maximum Gasteiger partial charge on any atom is 0.261 e. The second-order valence-electron chi connectivity index (χ2n) is 6.00. The Bertz CT molecular complexity index is 1000. The van der Waals surface area contributed by atoms with Crippen molar-refractivity contribution in [1.29, 1.82) is 0 Å². The van der Waals surface area contributed by atoms with E-state index in [2.05, 4.69) is 15.4 Å². The summed E-state index contributed by atoms with van der Waals surface area (Å²) >= 11 is 0. The number of nitrogens with one attached hydrogen (secondary N) is 3. The lowest BCUT2D eigenvalue weighted by atomic mass is 10.1. The number of fused-ring (bicyclic) bond motifs is 1. The molecule has 2 amide bonds. The van der Waals surface area contributed by atoms with Gasteiger partial charge in [-0.2, -0.15) is 0 Å². The van der Waals surface area contributed by atoms with E-state index in [-0.39, 0.29) is 17.0 Å². The topological polar surface area (TPSA) is 130 Å². The lowest BCUT2D eigenvalue weighted by Crippen LogP contribution is -2.16. The Morgan fingerprint density at radius 2 is 1.73 bits per heavy atom. The molecule has 0 atom stereocenters. The molecule has 1 aliphatic heterocycles. The lowest BCUT2D eigenvalue weighted by molar-refractivity contribution is -0.123. The first kappa shape index (κ1) is 17.9. The van der Waals surface area contributed by atoms with E-state index in [0.29, 0.717) is 17.9 Å². The van der Waals surface area contributed by atoms with Gasteiger partial charge in [0.15, 0.2) is 0 Å². The van der Waals surface area contributed by atoms with Crippen molar-refractivity contribution in [2.45, 2.75) is 24.8 Å². The maximum absolute atomic E-state index is 12.7. The molecule has 0 fully saturated rings. The van der Waals surface area contributed by atoms with Crippen LogP contribution >= 0.6 is 0 Å². The zero-order valence-corrected chi connectivity index (χ0v) is 14.8. The van der Waals surface area contributed by atoms with E-state index in [1.165, 1.54) is 18.2 Å². The lowest BCUT2D eigenvalue weighted by Gasteiger charge is -2.13. The fourth-order valence-electron chi connectivity index (χ4n) is 2.69. The van der Waals surface area contributed by atoms with Crippen LogP contribution in [0.25, 0.3) is 0 Å². The number of aryl methyl sites for hydroxylation is 1. The van der Waals surface area contributed by atoms with Crippen molar-refractivity contribution in [3.05, 3.63) is 47.5 Å². The van der Waals surface area contributed by atoms with Gasteiger partial charge in [-0.3, -0.25) is 14.3 Å². The van der Waals surface area contributed by atoms with Crippen LogP contribution in [0, 0.1) is 6.92 Å².